The largest absolute Gasteiger partial charge is 0.466 e. The van der Waals surface area contributed by atoms with Gasteiger partial charge in [0.15, 0.2) is 4.80 Å². The number of halogens is 2. The number of esters is 1. The van der Waals surface area contributed by atoms with Crippen LogP contribution in [0.4, 0.5) is 0 Å². The van der Waals surface area contributed by atoms with Crippen LogP contribution in [0.2, 0.25) is 10.0 Å². The van der Waals surface area contributed by atoms with Gasteiger partial charge in [-0.3, -0.25) is 9.36 Å². The summed E-state index contributed by atoms with van der Waals surface area (Å²) in [5.41, 5.74) is 2.28. The zero-order valence-electron chi connectivity index (χ0n) is 17.2. The van der Waals surface area contributed by atoms with Gasteiger partial charge in [-0.2, -0.15) is 0 Å². The van der Waals surface area contributed by atoms with Crippen molar-refractivity contribution in [2.75, 3.05) is 7.11 Å². The van der Waals surface area contributed by atoms with Crippen LogP contribution in [0.25, 0.3) is 12.2 Å². The van der Waals surface area contributed by atoms with E-state index in [0.29, 0.717) is 30.6 Å². The van der Waals surface area contributed by atoms with Crippen LogP contribution in [0.15, 0.2) is 75.7 Å². The Morgan fingerprint density at radius 1 is 1.12 bits per heavy atom. The molecule has 162 valence electrons. The minimum absolute atomic E-state index is 0.253. The molecule has 0 saturated carbocycles. The predicted molar refractivity (Wildman–Crippen MR) is 129 cm³/mol. The van der Waals surface area contributed by atoms with E-state index in [9.17, 15) is 9.59 Å². The molecule has 0 amide bonds. The van der Waals surface area contributed by atoms with E-state index in [1.807, 2.05) is 42.5 Å². The van der Waals surface area contributed by atoms with Crippen molar-refractivity contribution in [3.05, 3.63) is 107 Å². The van der Waals surface area contributed by atoms with Gasteiger partial charge in [0.1, 0.15) is 0 Å². The smallest absolute Gasteiger partial charge is 0.338 e. The van der Waals surface area contributed by atoms with Gasteiger partial charge in [0.2, 0.25) is 0 Å². The number of benzene rings is 2. The summed E-state index contributed by atoms with van der Waals surface area (Å²) in [6.45, 7) is 1.74. The number of allylic oxidation sites excluding steroid dienone is 2. The van der Waals surface area contributed by atoms with Gasteiger partial charge in [0, 0.05) is 0 Å². The quantitative estimate of drug-likeness (QED) is 0.516. The summed E-state index contributed by atoms with van der Waals surface area (Å²) >= 11 is 13.4. The molecule has 2 heterocycles. The lowest BCUT2D eigenvalue weighted by Crippen LogP contribution is -2.38. The van der Waals surface area contributed by atoms with Gasteiger partial charge in [-0.1, -0.05) is 83.1 Å². The van der Waals surface area contributed by atoms with Crippen LogP contribution >= 0.6 is 34.5 Å². The molecule has 0 fully saturated rings. The first-order valence-electron chi connectivity index (χ1n) is 9.68. The zero-order valence-corrected chi connectivity index (χ0v) is 19.5. The van der Waals surface area contributed by atoms with Crippen LogP contribution in [0.3, 0.4) is 0 Å². The summed E-state index contributed by atoms with van der Waals surface area (Å²) in [5.74, 6) is -0.521. The van der Waals surface area contributed by atoms with E-state index in [-0.39, 0.29) is 5.56 Å². The van der Waals surface area contributed by atoms with Crippen LogP contribution < -0.4 is 14.9 Å². The van der Waals surface area contributed by atoms with E-state index in [1.165, 1.54) is 23.0 Å². The van der Waals surface area contributed by atoms with Crippen LogP contribution in [-0.2, 0) is 9.53 Å². The van der Waals surface area contributed by atoms with E-state index in [4.69, 9.17) is 27.9 Å². The summed E-state index contributed by atoms with van der Waals surface area (Å²) < 4.78 is 6.98. The molecule has 3 aromatic rings. The van der Waals surface area contributed by atoms with E-state index in [1.54, 1.807) is 31.2 Å². The Kier molecular flexibility index (Phi) is 6.46. The molecule has 5 nitrogen and oxygen atoms in total. The Morgan fingerprint density at radius 3 is 2.56 bits per heavy atom. The van der Waals surface area contributed by atoms with Crippen molar-refractivity contribution >= 4 is 52.7 Å². The highest BCUT2D eigenvalue weighted by molar-refractivity contribution is 7.07. The Balaban J connectivity index is 1.88. The Hall–Kier alpha value is -2.93. The lowest BCUT2D eigenvalue weighted by atomic mass is 10.0. The molecule has 0 bridgehead atoms. The first-order valence-corrected chi connectivity index (χ1v) is 11.3. The monoisotopic (exact) mass is 484 g/mol. The number of carbonyl (C=O) groups excluding carboxylic acids is 1. The molecule has 2 aromatic carbocycles. The maximum Gasteiger partial charge on any atom is 0.338 e. The van der Waals surface area contributed by atoms with Crippen molar-refractivity contribution in [2.24, 2.45) is 4.99 Å². The number of aromatic nitrogens is 1. The fraction of sp³-hybridized carbons (Fsp3) is 0.125. The third-order valence-corrected chi connectivity index (χ3v) is 6.70. The first-order chi connectivity index (χ1) is 15.4. The number of nitrogens with zero attached hydrogens (tertiary/aromatic N) is 2. The molecule has 0 radical (unpaired) electrons. The third-order valence-electron chi connectivity index (χ3n) is 4.98. The molecular formula is C24H18Cl2N2O3S. The van der Waals surface area contributed by atoms with Crippen molar-refractivity contribution in [1.82, 2.24) is 4.57 Å². The second kappa shape index (κ2) is 9.28. The molecule has 4 rings (SSSR count). The molecule has 1 atom stereocenters. The lowest BCUT2D eigenvalue weighted by molar-refractivity contribution is -0.136. The molecule has 1 aliphatic rings. The molecule has 1 aliphatic heterocycles. The fourth-order valence-corrected chi connectivity index (χ4v) is 4.80. The minimum Gasteiger partial charge on any atom is -0.466 e. The van der Waals surface area contributed by atoms with Crippen molar-refractivity contribution in [3.63, 3.8) is 0 Å². The number of thiazole rings is 1. The summed E-state index contributed by atoms with van der Waals surface area (Å²) in [7, 11) is 1.32. The molecule has 0 spiro atoms. The summed E-state index contributed by atoms with van der Waals surface area (Å²) in [5, 5.41) is 0.843. The number of fused-ring (bicyclic) bond motifs is 1. The van der Waals surface area contributed by atoms with Crippen molar-refractivity contribution in [3.8, 4) is 0 Å². The van der Waals surface area contributed by atoms with Crippen LogP contribution in [0.5, 0.6) is 0 Å². The third kappa shape index (κ3) is 4.35. The Morgan fingerprint density at radius 2 is 1.88 bits per heavy atom. The van der Waals surface area contributed by atoms with E-state index < -0.39 is 12.0 Å². The topological polar surface area (TPSA) is 60.7 Å². The maximum atomic E-state index is 13.4. The molecule has 8 heteroatoms. The Bertz CT molecular complexity index is 1440. The van der Waals surface area contributed by atoms with Gasteiger partial charge in [-0.15, -0.1) is 0 Å². The van der Waals surface area contributed by atoms with Crippen LogP contribution in [0, 0.1) is 0 Å². The molecular weight excluding hydrogens is 467 g/mol. The van der Waals surface area contributed by atoms with Crippen LogP contribution in [0.1, 0.15) is 24.1 Å². The number of rotatable bonds is 4. The standard InChI is InChI=1S/C24H18Cl2N2O3S/c1-14-21(23(30)31-2)19(11-9-15-6-4-3-5-7-15)28-22(29)20(32-24(28)27-14)13-16-8-10-17(25)18(26)12-16/h3-13,19H,1-2H3/b11-9+,20-13-. The maximum absolute atomic E-state index is 13.4. The molecule has 1 aromatic heterocycles. The number of hydrogen-bond acceptors (Lipinski definition) is 5. The average molecular weight is 485 g/mol. The minimum atomic E-state index is -0.644. The van der Waals surface area contributed by atoms with Gasteiger partial charge in [-0.05, 0) is 36.3 Å². The van der Waals surface area contributed by atoms with E-state index in [0.717, 1.165) is 11.1 Å². The van der Waals surface area contributed by atoms with Gasteiger partial charge < -0.3 is 4.74 Å². The highest BCUT2D eigenvalue weighted by Crippen LogP contribution is 2.26. The lowest BCUT2D eigenvalue weighted by Gasteiger charge is -2.21. The number of hydrogen-bond donors (Lipinski definition) is 0. The second-order valence-electron chi connectivity index (χ2n) is 7.06. The molecule has 0 N–H and O–H groups in total. The average Bonchev–Trinajstić information content (AvgIpc) is 3.09. The second-order valence-corrected chi connectivity index (χ2v) is 8.88. The van der Waals surface area contributed by atoms with E-state index >= 15 is 0 Å². The van der Waals surface area contributed by atoms with Gasteiger partial charge in [-0.25, -0.2) is 9.79 Å². The normalized spacial score (nSPS) is 16.2. The van der Waals surface area contributed by atoms with Crippen molar-refractivity contribution < 1.29 is 9.53 Å². The Labute approximate surface area is 198 Å². The predicted octanol–water partition coefficient (Wildman–Crippen LogP) is 4.38. The summed E-state index contributed by atoms with van der Waals surface area (Å²) in [4.78, 5) is 31.0. The zero-order chi connectivity index (χ0) is 22.8. The van der Waals surface area contributed by atoms with E-state index in [2.05, 4.69) is 4.99 Å². The van der Waals surface area contributed by atoms with Crippen molar-refractivity contribution in [1.29, 1.82) is 0 Å². The van der Waals surface area contributed by atoms with Gasteiger partial charge >= 0.3 is 5.97 Å². The molecule has 0 aliphatic carbocycles. The fourth-order valence-electron chi connectivity index (χ4n) is 3.44. The van der Waals surface area contributed by atoms with Crippen molar-refractivity contribution in [2.45, 2.75) is 13.0 Å². The number of ether oxygens (including phenoxy) is 1. The number of carbonyl (C=O) groups is 1. The van der Waals surface area contributed by atoms with Crippen LogP contribution in [-0.4, -0.2) is 17.6 Å². The molecule has 0 saturated heterocycles. The first kappa shape index (κ1) is 22.3. The summed E-state index contributed by atoms with van der Waals surface area (Å²) in [6.07, 6.45) is 5.43. The SMILES string of the molecule is COC(=O)C1=C(C)N=c2s/c(=C\c3ccc(Cl)c(Cl)c3)c(=O)n2C1/C=C/c1ccccc1. The highest BCUT2D eigenvalue weighted by Gasteiger charge is 2.30. The van der Waals surface area contributed by atoms with Gasteiger partial charge in [0.25, 0.3) is 5.56 Å². The molecule has 1 unspecified atom stereocenters. The summed E-state index contributed by atoms with van der Waals surface area (Å²) in [6, 6.07) is 14.2. The highest BCUT2D eigenvalue weighted by atomic mass is 35.5. The number of methoxy groups -OCH3 is 1. The molecule has 32 heavy (non-hydrogen) atoms. The van der Waals surface area contributed by atoms with Gasteiger partial charge in [0.05, 0.1) is 39.0 Å².